The molecule has 1 aromatic carbocycles. The summed E-state index contributed by atoms with van der Waals surface area (Å²) in [5, 5.41) is 2.64. The normalized spacial score (nSPS) is 20.8. The standard InChI is InChI=1S/C17H18FN3O4/c18-12-4-2-1-3-11(12)16-17(25)19-8-10-21(16)15(24)7-9-20-13(22)5-6-14(20)23/h1-4,16H,5-10H2,(H,19,25)/t16-/m0/s1. The molecule has 2 heterocycles. The van der Waals surface area contributed by atoms with Gasteiger partial charge in [0, 0.05) is 44.5 Å². The molecule has 1 aromatic rings. The number of likely N-dealkylation sites (tertiary alicyclic amines) is 1. The number of imide groups is 1. The number of amides is 4. The average molecular weight is 347 g/mol. The SMILES string of the molecule is O=C1NCCN(C(=O)CCN2C(=O)CCC2=O)[C@H]1c1ccccc1F. The number of carbonyl (C=O) groups excluding carboxylic acids is 4. The highest BCUT2D eigenvalue weighted by atomic mass is 19.1. The van der Waals surface area contributed by atoms with E-state index in [1.807, 2.05) is 0 Å². The van der Waals surface area contributed by atoms with Gasteiger partial charge in [-0.25, -0.2) is 4.39 Å². The van der Waals surface area contributed by atoms with Crippen LogP contribution in [0.15, 0.2) is 24.3 Å². The molecule has 3 rings (SSSR count). The molecule has 2 aliphatic heterocycles. The average Bonchev–Trinajstić information content (AvgIpc) is 2.91. The van der Waals surface area contributed by atoms with Crippen LogP contribution in [0, 0.1) is 5.82 Å². The number of carbonyl (C=O) groups is 4. The Labute approximate surface area is 143 Å². The van der Waals surface area contributed by atoms with Crippen LogP contribution in [0.4, 0.5) is 4.39 Å². The van der Waals surface area contributed by atoms with Gasteiger partial charge in [0.25, 0.3) is 0 Å². The van der Waals surface area contributed by atoms with Gasteiger partial charge in [-0.3, -0.25) is 24.1 Å². The van der Waals surface area contributed by atoms with Crippen LogP contribution in [-0.2, 0) is 19.2 Å². The smallest absolute Gasteiger partial charge is 0.247 e. The van der Waals surface area contributed by atoms with Gasteiger partial charge >= 0.3 is 0 Å². The molecule has 7 nitrogen and oxygen atoms in total. The van der Waals surface area contributed by atoms with E-state index in [-0.39, 0.29) is 56.3 Å². The molecular formula is C17H18FN3O4. The zero-order valence-corrected chi connectivity index (χ0v) is 13.5. The molecule has 0 aliphatic carbocycles. The molecule has 0 spiro atoms. The first-order valence-electron chi connectivity index (χ1n) is 8.14. The summed E-state index contributed by atoms with van der Waals surface area (Å²) in [6.45, 7) is 0.501. The lowest BCUT2D eigenvalue weighted by atomic mass is 10.0. The number of benzene rings is 1. The fourth-order valence-corrected chi connectivity index (χ4v) is 3.16. The van der Waals surface area contributed by atoms with Gasteiger partial charge < -0.3 is 10.2 Å². The van der Waals surface area contributed by atoms with Crippen LogP contribution in [0.1, 0.15) is 30.9 Å². The topological polar surface area (TPSA) is 86.8 Å². The van der Waals surface area contributed by atoms with E-state index in [1.165, 1.54) is 23.1 Å². The number of nitrogens with one attached hydrogen (secondary N) is 1. The van der Waals surface area contributed by atoms with Gasteiger partial charge in [-0.2, -0.15) is 0 Å². The Morgan fingerprint density at radius 3 is 2.52 bits per heavy atom. The van der Waals surface area contributed by atoms with Gasteiger partial charge in [-0.1, -0.05) is 18.2 Å². The number of halogens is 1. The van der Waals surface area contributed by atoms with Crippen LogP contribution >= 0.6 is 0 Å². The van der Waals surface area contributed by atoms with E-state index in [0.29, 0.717) is 0 Å². The number of rotatable bonds is 4. The fourth-order valence-electron chi connectivity index (χ4n) is 3.16. The first kappa shape index (κ1) is 17.1. The Hall–Kier alpha value is -2.77. The summed E-state index contributed by atoms with van der Waals surface area (Å²) in [4.78, 5) is 50.4. The second kappa shape index (κ2) is 7.00. The number of nitrogens with zero attached hydrogens (tertiary/aromatic N) is 2. The van der Waals surface area contributed by atoms with E-state index >= 15 is 0 Å². The monoisotopic (exact) mass is 347 g/mol. The quantitative estimate of drug-likeness (QED) is 0.797. The van der Waals surface area contributed by atoms with Gasteiger partial charge in [0.1, 0.15) is 11.9 Å². The van der Waals surface area contributed by atoms with Crippen molar-refractivity contribution in [3.8, 4) is 0 Å². The molecule has 0 radical (unpaired) electrons. The lowest BCUT2D eigenvalue weighted by Gasteiger charge is -2.35. The second-order valence-electron chi connectivity index (χ2n) is 5.99. The minimum absolute atomic E-state index is 0.0153. The Morgan fingerprint density at radius 2 is 1.84 bits per heavy atom. The predicted molar refractivity (Wildman–Crippen MR) is 84.4 cm³/mol. The van der Waals surface area contributed by atoms with Crippen molar-refractivity contribution in [2.24, 2.45) is 0 Å². The number of hydrogen-bond donors (Lipinski definition) is 1. The Morgan fingerprint density at radius 1 is 1.16 bits per heavy atom. The van der Waals surface area contributed by atoms with Crippen molar-refractivity contribution < 1.29 is 23.6 Å². The highest BCUT2D eigenvalue weighted by Crippen LogP contribution is 2.26. The van der Waals surface area contributed by atoms with E-state index in [4.69, 9.17) is 0 Å². The van der Waals surface area contributed by atoms with Crippen molar-refractivity contribution in [2.45, 2.75) is 25.3 Å². The van der Waals surface area contributed by atoms with Crippen LogP contribution in [0.25, 0.3) is 0 Å². The van der Waals surface area contributed by atoms with Crippen molar-refractivity contribution in [1.82, 2.24) is 15.1 Å². The highest BCUT2D eigenvalue weighted by molar-refractivity contribution is 6.02. The lowest BCUT2D eigenvalue weighted by molar-refractivity contribution is -0.145. The van der Waals surface area contributed by atoms with Gasteiger partial charge in [-0.15, -0.1) is 0 Å². The van der Waals surface area contributed by atoms with E-state index in [0.717, 1.165) is 4.90 Å². The Balaban J connectivity index is 1.75. The zero-order chi connectivity index (χ0) is 18.0. The first-order valence-corrected chi connectivity index (χ1v) is 8.14. The fraction of sp³-hybridized carbons (Fsp3) is 0.412. The van der Waals surface area contributed by atoms with Crippen LogP contribution in [0.2, 0.25) is 0 Å². The molecule has 0 saturated carbocycles. The molecule has 1 N–H and O–H groups in total. The van der Waals surface area contributed by atoms with Crippen LogP contribution in [-0.4, -0.2) is 53.1 Å². The summed E-state index contributed by atoms with van der Waals surface area (Å²) in [7, 11) is 0. The molecular weight excluding hydrogens is 329 g/mol. The molecule has 0 bridgehead atoms. The van der Waals surface area contributed by atoms with E-state index in [1.54, 1.807) is 6.07 Å². The molecule has 0 unspecified atom stereocenters. The van der Waals surface area contributed by atoms with Crippen LogP contribution in [0.3, 0.4) is 0 Å². The van der Waals surface area contributed by atoms with Gasteiger partial charge in [0.05, 0.1) is 0 Å². The zero-order valence-electron chi connectivity index (χ0n) is 13.5. The third kappa shape index (κ3) is 3.38. The Kier molecular flexibility index (Phi) is 4.78. The molecule has 8 heteroatoms. The second-order valence-corrected chi connectivity index (χ2v) is 5.99. The minimum Gasteiger partial charge on any atom is -0.352 e. The summed E-state index contributed by atoms with van der Waals surface area (Å²) in [5.41, 5.74) is 0.126. The summed E-state index contributed by atoms with van der Waals surface area (Å²) in [6, 6.07) is 4.77. The third-order valence-corrected chi connectivity index (χ3v) is 4.44. The van der Waals surface area contributed by atoms with Gasteiger partial charge in [-0.05, 0) is 6.07 Å². The van der Waals surface area contributed by atoms with Gasteiger partial charge in [0.2, 0.25) is 23.6 Å². The molecule has 25 heavy (non-hydrogen) atoms. The van der Waals surface area contributed by atoms with E-state index < -0.39 is 23.7 Å². The summed E-state index contributed by atoms with van der Waals surface area (Å²) in [5.74, 6) is -1.99. The maximum Gasteiger partial charge on any atom is 0.247 e. The van der Waals surface area contributed by atoms with Crippen LogP contribution in [0.5, 0.6) is 0 Å². The minimum atomic E-state index is -1.05. The highest BCUT2D eigenvalue weighted by Gasteiger charge is 2.36. The van der Waals surface area contributed by atoms with Crippen molar-refractivity contribution in [1.29, 1.82) is 0 Å². The van der Waals surface area contributed by atoms with Crippen molar-refractivity contribution in [3.05, 3.63) is 35.6 Å². The molecule has 2 aliphatic rings. The van der Waals surface area contributed by atoms with Crippen LogP contribution < -0.4 is 5.32 Å². The molecule has 2 fully saturated rings. The molecule has 0 aromatic heterocycles. The maximum absolute atomic E-state index is 14.1. The van der Waals surface area contributed by atoms with Crippen molar-refractivity contribution in [2.75, 3.05) is 19.6 Å². The first-order chi connectivity index (χ1) is 12.0. The summed E-state index contributed by atoms with van der Waals surface area (Å²) >= 11 is 0. The molecule has 2 saturated heterocycles. The van der Waals surface area contributed by atoms with E-state index in [2.05, 4.69) is 5.32 Å². The summed E-state index contributed by atoms with van der Waals surface area (Å²) in [6.07, 6.45) is 0.240. The molecule has 4 amide bonds. The molecule has 1 atom stereocenters. The Bertz CT molecular complexity index is 720. The van der Waals surface area contributed by atoms with Gasteiger partial charge in [0.15, 0.2) is 0 Å². The lowest BCUT2D eigenvalue weighted by Crippen LogP contribution is -2.52. The summed E-state index contributed by atoms with van der Waals surface area (Å²) < 4.78 is 14.1. The predicted octanol–water partition coefficient (Wildman–Crippen LogP) is 0.364. The maximum atomic E-state index is 14.1. The van der Waals surface area contributed by atoms with Crippen molar-refractivity contribution >= 4 is 23.6 Å². The third-order valence-electron chi connectivity index (χ3n) is 4.44. The number of hydrogen-bond acceptors (Lipinski definition) is 4. The number of piperazine rings is 1. The van der Waals surface area contributed by atoms with E-state index in [9.17, 15) is 23.6 Å². The largest absolute Gasteiger partial charge is 0.352 e. The van der Waals surface area contributed by atoms with Crippen molar-refractivity contribution in [3.63, 3.8) is 0 Å². The molecule has 132 valence electrons.